The van der Waals surface area contributed by atoms with Gasteiger partial charge in [0.1, 0.15) is 6.23 Å². The number of fused-ring (bicyclic) bond motifs is 1. The van der Waals surface area contributed by atoms with Crippen LogP contribution < -0.4 is 16.4 Å². The number of amides is 1. The van der Waals surface area contributed by atoms with Crippen molar-refractivity contribution < 1.29 is 9.90 Å². The molecule has 0 aliphatic carbocycles. The van der Waals surface area contributed by atoms with Gasteiger partial charge in [0.15, 0.2) is 0 Å². The second kappa shape index (κ2) is 4.02. The van der Waals surface area contributed by atoms with Gasteiger partial charge < -0.3 is 21.5 Å². The number of benzene rings is 1. The average molecular weight is 221 g/mol. The molecule has 0 saturated carbocycles. The SMILES string of the molecule is CC(=O)NC1Cc2cccc(N)c2NC1O. The Balaban J connectivity index is 2.25. The summed E-state index contributed by atoms with van der Waals surface area (Å²) in [5, 5.41) is 15.4. The first-order valence-corrected chi connectivity index (χ1v) is 5.17. The largest absolute Gasteiger partial charge is 0.397 e. The van der Waals surface area contributed by atoms with Crippen LogP contribution in [-0.4, -0.2) is 23.3 Å². The summed E-state index contributed by atoms with van der Waals surface area (Å²) in [7, 11) is 0. The number of para-hydroxylation sites is 1. The number of aliphatic hydroxyl groups excluding tert-OH is 1. The molecule has 2 atom stereocenters. The van der Waals surface area contributed by atoms with Gasteiger partial charge in [0.25, 0.3) is 0 Å². The molecule has 0 radical (unpaired) electrons. The van der Waals surface area contributed by atoms with Crippen LogP contribution in [0.15, 0.2) is 18.2 Å². The van der Waals surface area contributed by atoms with Gasteiger partial charge in [-0.2, -0.15) is 0 Å². The highest BCUT2D eigenvalue weighted by atomic mass is 16.3. The molecule has 16 heavy (non-hydrogen) atoms. The molecule has 1 aromatic carbocycles. The molecule has 5 N–H and O–H groups in total. The molecule has 0 aromatic heterocycles. The molecular formula is C11H15N3O2. The number of aliphatic hydroxyl groups is 1. The summed E-state index contributed by atoms with van der Waals surface area (Å²) in [5.74, 6) is -0.154. The number of nitrogens with one attached hydrogen (secondary N) is 2. The Kier molecular flexibility index (Phi) is 2.70. The minimum absolute atomic E-state index is 0.154. The minimum Gasteiger partial charge on any atom is -0.397 e. The number of carbonyl (C=O) groups excluding carboxylic acids is 1. The Bertz CT molecular complexity index is 420. The van der Waals surface area contributed by atoms with Gasteiger partial charge in [-0.1, -0.05) is 12.1 Å². The fourth-order valence-corrected chi connectivity index (χ4v) is 1.95. The van der Waals surface area contributed by atoms with Gasteiger partial charge in [0, 0.05) is 6.92 Å². The number of anilines is 2. The van der Waals surface area contributed by atoms with E-state index in [0.29, 0.717) is 12.1 Å². The van der Waals surface area contributed by atoms with Crippen LogP contribution in [-0.2, 0) is 11.2 Å². The van der Waals surface area contributed by atoms with E-state index in [1.807, 2.05) is 12.1 Å². The second-order valence-electron chi connectivity index (χ2n) is 3.98. The summed E-state index contributed by atoms with van der Waals surface area (Å²) in [6, 6.07) is 5.25. The van der Waals surface area contributed by atoms with E-state index in [4.69, 9.17) is 5.73 Å². The number of nitrogens with two attached hydrogens (primary N) is 1. The van der Waals surface area contributed by atoms with E-state index in [1.165, 1.54) is 6.92 Å². The molecule has 1 aliphatic rings. The third kappa shape index (κ3) is 1.94. The molecule has 2 rings (SSSR count). The first-order chi connectivity index (χ1) is 7.58. The number of hydrogen-bond donors (Lipinski definition) is 4. The molecule has 0 spiro atoms. The van der Waals surface area contributed by atoms with Crippen LogP contribution in [0.3, 0.4) is 0 Å². The molecule has 5 heteroatoms. The lowest BCUT2D eigenvalue weighted by atomic mass is 9.97. The van der Waals surface area contributed by atoms with Crippen molar-refractivity contribution in [1.29, 1.82) is 0 Å². The Hall–Kier alpha value is -1.75. The molecule has 0 saturated heterocycles. The van der Waals surface area contributed by atoms with Crippen molar-refractivity contribution in [1.82, 2.24) is 5.32 Å². The summed E-state index contributed by atoms with van der Waals surface area (Å²) >= 11 is 0. The Morgan fingerprint density at radius 3 is 3.06 bits per heavy atom. The van der Waals surface area contributed by atoms with Crippen LogP contribution >= 0.6 is 0 Å². The normalized spacial score (nSPS) is 23.1. The van der Waals surface area contributed by atoms with E-state index in [-0.39, 0.29) is 11.9 Å². The molecule has 1 aromatic rings. The fourth-order valence-electron chi connectivity index (χ4n) is 1.95. The summed E-state index contributed by atoms with van der Waals surface area (Å²) in [6.45, 7) is 1.43. The Labute approximate surface area is 93.6 Å². The highest BCUT2D eigenvalue weighted by molar-refractivity contribution is 5.75. The van der Waals surface area contributed by atoms with Crippen LogP contribution in [0.5, 0.6) is 0 Å². The Morgan fingerprint density at radius 2 is 2.38 bits per heavy atom. The second-order valence-corrected chi connectivity index (χ2v) is 3.98. The first-order valence-electron chi connectivity index (χ1n) is 5.17. The highest BCUT2D eigenvalue weighted by Crippen LogP contribution is 2.29. The van der Waals surface area contributed by atoms with Crippen molar-refractivity contribution in [3.05, 3.63) is 23.8 Å². The van der Waals surface area contributed by atoms with Gasteiger partial charge in [-0.25, -0.2) is 0 Å². The molecule has 5 nitrogen and oxygen atoms in total. The van der Waals surface area contributed by atoms with Crippen molar-refractivity contribution in [2.24, 2.45) is 0 Å². The van der Waals surface area contributed by atoms with Gasteiger partial charge >= 0.3 is 0 Å². The van der Waals surface area contributed by atoms with E-state index < -0.39 is 6.23 Å². The quantitative estimate of drug-likeness (QED) is 0.505. The van der Waals surface area contributed by atoms with E-state index in [9.17, 15) is 9.90 Å². The summed E-state index contributed by atoms with van der Waals surface area (Å²) in [5.41, 5.74) is 8.16. The monoisotopic (exact) mass is 221 g/mol. The summed E-state index contributed by atoms with van der Waals surface area (Å²) < 4.78 is 0. The number of nitrogen functional groups attached to an aromatic ring is 1. The van der Waals surface area contributed by atoms with Crippen LogP contribution in [0.25, 0.3) is 0 Å². The average Bonchev–Trinajstić information content (AvgIpc) is 2.20. The number of hydrogen-bond acceptors (Lipinski definition) is 4. The maximum atomic E-state index is 11.0. The van der Waals surface area contributed by atoms with Gasteiger partial charge in [-0.05, 0) is 18.1 Å². The zero-order valence-corrected chi connectivity index (χ0v) is 9.03. The molecular weight excluding hydrogens is 206 g/mol. The van der Waals surface area contributed by atoms with E-state index in [1.54, 1.807) is 6.07 Å². The minimum atomic E-state index is -0.805. The van der Waals surface area contributed by atoms with Crippen molar-refractivity contribution in [2.45, 2.75) is 25.6 Å². The lowest BCUT2D eigenvalue weighted by Crippen LogP contribution is -2.50. The molecule has 2 unspecified atom stereocenters. The number of carbonyl (C=O) groups is 1. The number of rotatable bonds is 1. The van der Waals surface area contributed by atoms with Gasteiger partial charge in [0.2, 0.25) is 5.91 Å². The highest BCUT2D eigenvalue weighted by Gasteiger charge is 2.27. The van der Waals surface area contributed by atoms with Crippen molar-refractivity contribution in [3.63, 3.8) is 0 Å². The zero-order chi connectivity index (χ0) is 11.7. The standard InChI is InChI=1S/C11H15N3O2/c1-6(15)13-9-5-7-3-2-4-8(12)10(7)14-11(9)16/h2-4,9,11,14,16H,5,12H2,1H3,(H,13,15). The summed E-state index contributed by atoms with van der Waals surface area (Å²) in [4.78, 5) is 11.0. The molecule has 0 fully saturated rings. The molecule has 1 amide bonds. The lowest BCUT2D eigenvalue weighted by molar-refractivity contribution is -0.120. The van der Waals surface area contributed by atoms with E-state index in [0.717, 1.165) is 11.3 Å². The van der Waals surface area contributed by atoms with Gasteiger partial charge in [-0.15, -0.1) is 0 Å². The lowest BCUT2D eigenvalue weighted by Gasteiger charge is -2.32. The smallest absolute Gasteiger partial charge is 0.217 e. The van der Waals surface area contributed by atoms with Crippen molar-refractivity contribution in [2.75, 3.05) is 11.1 Å². The van der Waals surface area contributed by atoms with E-state index in [2.05, 4.69) is 10.6 Å². The first kappa shape index (κ1) is 10.8. The third-order valence-corrected chi connectivity index (χ3v) is 2.68. The van der Waals surface area contributed by atoms with Crippen molar-refractivity contribution in [3.8, 4) is 0 Å². The van der Waals surface area contributed by atoms with Crippen LogP contribution in [0.4, 0.5) is 11.4 Å². The zero-order valence-electron chi connectivity index (χ0n) is 9.03. The maximum Gasteiger partial charge on any atom is 0.217 e. The predicted octanol–water partition coefficient (Wildman–Crippen LogP) is 0.0599. The fraction of sp³-hybridized carbons (Fsp3) is 0.364. The van der Waals surface area contributed by atoms with Gasteiger partial charge in [-0.3, -0.25) is 4.79 Å². The van der Waals surface area contributed by atoms with Crippen LogP contribution in [0.1, 0.15) is 12.5 Å². The molecule has 1 aliphatic heterocycles. The maximum absolute atomic E-state index is 11.0. The van der Waals surface area contributed by atoms with Crippen molar-refractivity contribution >= 4 is 17.3 Å². The van der Waals surface area contributed by atoms with E-state index >= 15 is 0 Å². The summed E-state index contributed by atoms with van der Waals surface area (Å²) in [6.07, 6.45) is -0.227. The third-order valence-electron chi connectivity index (χ3n) is 2.68. The van der Waals surface area contributed by atoms with Crippen LogP contribution in [0.2, 0.25) is 0 Å². The van der Waals surface area contributed by atoms with Crippen LogP contribution in [0, 0.1) is 0 Å². The van der Waals surface area contributed by atoms with Gasteiger partial charge in [0.05, 0.1) is 17.4 Å². The Morgan fingerprint density at radius 1 is 1.62 bits per heavy atom. The molecule has 1 heterocycles. The molecule has 0 bridgehead atoms. The topological polar surface area (TPSA) is 87.4 Å². The predicted molar refractivity (Wildman–Crippen MR) is 61.8 cm³/mol. The molecule has 86 valence electrons.